The fourth-order valence-corrected chi connectivity index (χ4v) is 2.09. The van der Waals surface area contributed by atoms with Gasteiger partial charge in [0.2, 0.25) is 0 Å². The molecule has 0 bridgehead atoms. The Morgan fingerprint density at radius 3 is 2.71 bits per heavy atom. The molecule has 3 nitrogen and oxygen atoms in total. The van der Waals surface area contributed by atoms with Crippen LogP contribution in [0.3, 0.4) is 0 Å². The van der Waals surface area contributed by atoms with Gasteiger partial charge in [-0.05, 0) is 16.3 Å². The van der Waals surface area contributed by atoms with E-state index in [2.05, 4.69) is 29.2 Å². The van der Waals surface area contributed by atoms with E-state index in [0.29, 0.717) is 6.54 Å². The predicted molar refractivity (Wildman–Crippen MR) is 68.1 cm³/mol. The van der Waals surface area contributed by atoms with Gasteiger partial charge in [-0.25, -0.2) is 4.79 Å². The number of aromatic amines is 1. The summed E-state index contributed by atoms with van der Waals surface area (Å²) < 4.78 is 1.67. The number of hydrogen-bond donors (Lipinski definition) is 1. The summed E-state index contributed by atoms with van der Waals surface area (Å²) in [6.07, 6.45) is 3.43. The number of fused-ring (bicyclic) bond motifs is 1. The van der Waals surface area contributed by atoms with E-state index in [4.69, 9.17) is 0 Å². The van der Waals surface area contributed by atoms with Crippen LogP contribution in [0.25, 0.3) is 10.8 Å². The zero-order chi connectivity index (χ0) is 11.7. The van der Waals surface area contributed by atoms with Gasteiger partial charge in [-0.15, -0.1) is 0 Å². The monoisotopic (exact) mass is 224 g/mol. The van der Waals surface area contributed by atoms with Crippen LogP contribution in [0.2, 0.25) is 0 Å². The molecular weight excluding hydrogens is 212 g/mol. The third-order valence-electron chi connectivity index (χ3n) is 2.94. The SMILES string of the molecule is O=c1[nH]ccn1Cc1cccc2ccccc12. The van der Waals surface area contributed by atoms with Crippen molar-refractivity contribution in [3.8, 4) is 0 Å². The Kier molecular flexibility index (Phi) is 2.29. The second-order valence-electron chi connectivity index (χ2n) is 4.03. The first-order valence-electron chi connectivity index (χ1n) is 5.55. The summed E-state index contributed by atoms with van der Waals surface area (Å²) in [5.41, 5.74) is 1.09. The van der Waals surface area contributed by atoms with E-state index >= 15 is 0 Å². The first-order chi connectivity index (χ1) is 8.34. The standard InChI is InChI=1S/C14H12N2O/c17-14-15-8-9-16(14)10-12-6-3-5-11-4-1-2-7-13(11)12/h1-9H,10H2,(H,15,17). The van der Waals surface area contributed by atoms with Crippen molar-refractivity contribution in [2.24, 2.45) is 0 Å². The molecule has 0 saturated heterocycles. The van der Waals surface area contributed by atoms with Gasteiger partial charge in [0.05, 0.1) is 6.54 Å². The summed E-state index contributed by atoms with van der Waals surface area (Å²) in [6.45, 7) is 0.601. The Balaban J connectivity index is 2.12. The highest BCUT2D eigenvalue weighted by Gasteiger charge is 2.02. The molecule has 0 spiro atoms. The van der Waals surface area contributed by atoms with E-state index < -0.39 is 0 Å². The maximum atomic E-state index is 11.5. The molecule has 0 aliphatic carbocycles. The number of H-pyrrole nitrogens is 1. The average molecular weight is 224 g/mol. The number of rotatable bonds is 2. The molecule has 17 heavy (non-hydrogen) atoms. The number of hydrogen-bond acceptors (Lipinski definition) is 1. The molecule has 0 aliphatic heterocycles. The molecule has 2 aromatic carbocycles. The number of imidazole rings is 1. The van der Waals surface area contributed by atoms with Crippen molar-refractivity contribution in [3.63, 3.8) is 0 Å². The number of nitrogens with one attached hydrogen (secondary N) is 1. The minimum atomic E-state index is -0.0714. The van der Waals surface area contributed by atoms with Crippen LogP contribution in [0.1, 0.15) is 5.56 Å². The Hall–Kier alpha value is -2.29. The highest BCUT2D eigenvalue weighted by molar-refractivity contribution is 5.85. The van der Waals surface area contributed by atoms with Gasteiger partial charge in [-0.2, -0.15) is 0 Å². The molecule has 0 aliphatic rings. The molecule has 84 valence electrons. The molecule has 3 heteroatoms. The Morgan fingerprint density at radius 1 is 1.06 bits per heavy atom. The van der Waals surface area contributed by atoms with Crippen LogP contribution in [0.4, 0.5) is 0 Å². The Morgan fingerprint density at radius 2 is 1.88 bits per heavy atom. The molecule has 3 aromatic rings. The molecule has 0 fully saturated rings. The van der Waals surface area contributed by atoms with Crippen LogP contribution < -0.4 is 5.69 Å². The summed E-state index contributed by atoms with van der Waals surface area (Å²) in [4.78, 5) is 14.1. The minimum Gasteiger partial charge on any atom is -0.313 e. The average Bonchev–Trinajstić information content (AvgIpc) is 2.76. The van der Waals surface area contributed by atoms with Crippen molar-refractivity contribution in [2.45, 2.75) is 6.54 Å². The van der Waals surface area contributed by atoms with Gasteiger partial charge in [0.25, 0.3) is 0 Å². The van der Waals surface area contributed by atoms with Crippen LogP contribution in [0.15, 0.2) is 59.7 Å². The van der Waals surface area contributed by atoms with E-state index in [0.717, 1.165) is 5.56 Å². The highest BCUT2D eigenvalue weighted by Crippen LogP contribution is 2.18. The van der Waals surface area contributed by atoms with Gasteiger partial charge in [-0.3, -0.25) is 4.57 Å². The lowest BCUT2D eigenvalue weighted by Gasteiger charge is -2.06. The van der Waals surface area contributed by atoms with Crippen LogP contribution >= 0.6 is 0 Å². The van der Waals surface area contributed by atoms with Gasteiger partial charge in [0, 0.05) is 12.4 Å². The van der Waals surface area contributed by atoms with Crippen molar-refractivity contribution in [1.29, 1.82) is 0 Å². The molecule has 0 amide bonds. The fourth-order valence-electron chi connectivity index (χ4n) is 2.09. The second kappa shape index (κ2) is 3.94. The van der Waals surface area contributed by atoms with Crippen LogP contribution in [0, 0.1) is 0 Å². The third-order valence-corrected chi connectivity index (χ3v) is 2.94. The molecule has 0 unspecified atom stereocenters. The summed E-state index contributed by atoms with van der Waals surface area (Å²) in [6, 6.07) is 14.4. The lowest BCUT2D eigenvalue weighted by molar-refractivity contribution is 0.766. The van der Waals surface area contributed by atoms with Gasteiger partial charge in [0.15, 0.2) is 0 Å². The molecular formula is C14H12N2O. The summed E-state index contributed by atoms with van der Waals surface area (Å²) in [5, 5.41) is 2.40. The number of aromatic nitrogens is 2. The molecule has 0 atom stereocenters. The number of nitrogens with zero attached hydrogens (tertiary/aromatic N) is 1. The minimum absolute atomic E-state index is 0.0714. The van der Waals surface area contributed by atoms with E-state index in [1.807, 2.05) is 18.2 Å². The lowest BCUT2D eigenvalue weighted by Crippen LogP contribution is -2.16. The van der Waals surface area contributed by atoms with Crippen LogP contribution in [0.5, 0.6) is 0 Å². The summed E-state index contributed by atoms with van der Waals surface area (Å²) in [5.74, 6) is 0. The maximum Gasteiger partial charge on any atom is 0.325 e. The van der Waals surface area contributed by atoms with E-state index in [-0.39, 0.29) is 5.69 Å². The first kappa shape index (κ1) is 9.90. The molecule has 1 N–H and O–H groups in total. The Bertz CT molecular complexity index is 704. The molecule has 1 heterocycles. The molecule has 1 aromatic heterocycles. The predicted octanol–water partition coefficient (Wildman–Crippen LogP) is 2.38. The third kappa shape index (κ3) is 1.76. The molecule has 0 saturated carbocycles. The van der Waals surface area contributed by atoms with Gasteiger partial charge >= 0.3 is 5.69 Å². The quantitative estimate of drug-likeness (QED) is 0.713. The lowest BCUT2D eigenvalue weighted by atomic mass is 10.0. The fraction of sp³-hybridized carbons (Fsp3) is 0.0714. The van der Waals surface area contributed by atoms with Crippen molar-refractivity contribution in [3.05, 3.63) is 70.9 Å². The van der Waals surface area contributed by atoms with E-state index in [9.17, 15) is 4.79 Å². The van der Waals surface area contributed by atoms with Gasteiger partial charge in [0.1, 0.15) is 0 Å². The van der Waals surface area contributed by atoms with Crippen molar-refractivity contribution in [2.75, 3.05) is 0 Å². The normalized spacial score (nSPS) is 10.8. The smallest absolute Gasteiger partial charge is 0.313 e. The maximum absolute atomic E-state index is 11.5. The summed E-state index contributed by atoms with van der Waals surface area (Å²) >= 11 is 0. The molecule has 3 rings (SSSR count). The summed E-state index contributed by atoms with van der Waals surface area (Å²) in [7, 11) is 0. The number of benzene rings is 2. The van der Waals surface area contributed by atoms with Crippen LogP contribution in [-0.4, -0.2) is 9.55 Å². The van der Waals surface area contributed by atoms with Crippen molar-refractivity contribution < 1.29 is 0 Å². The van der Waals surface area contributed by atoms with Crippen molar-refractivity contribution in [1.82, 2.24) is 9.55 Å². The van der Waals surface area contributed by atoms with E-state index in [1.165, 1.54) is 10.8 Å². The second-order valence-corrected chi connectivity index (χ2v) is 4.03. The van der Waals surface area contributed by atoms with Gasteiger partial charge in [-0.1, -0.05) is 42.5 Å². The molecule has 0 radical (unpaired) electrons. The van der Waals surface area contributed by atoms with Gasteiger partial charge < -0.3 is 4.98 Å². The van der Waals surface area contributed by atoms with Crippen molar-refractivity contribution >= 4 is 10.8 Å². The topological polar surface area (TPSA) is 37.8 Å². The zero-order valence-electron chi connectivity index (χ0n) is 9.26. The largest absolute Gasteiger partial charge is 0.325 e. The Labute approximate surface area is 98.3 Å². The highest BCUT2D eigenvalue weighted by atomic mass is 16.1. The first-order valence-corrected chi connectivity index (χ1v) is 5.55. The van der Waals surface area contributed by atoms with Crippen LogP contribution in [-0.2, 0) is 6.54 Å². The zero-order valence-corrected chi connectivity index (χ0v) is 9.26. The van der Waals surface area contributed by atoms with E-state index in [1.54, 1.807) is 17.0 Å².